The Balaban J connectivity index is 2.65. The topological polar surface area (TPSA) is 57.5 Å². The molecule has 0 heterocycles. The zero-order chi connectivity index (χ0) is 12.4. The van der Waals surface area contributed by atoms with Gasteiger partial charge in [-0.05, 0) is 12.1 Å². The number of carboxylic acid groups (broad SMARTS) is 1. The number of para-hydroxylation sites is 1. The van der Waals surface area contributed by atoms with Crippen molar-refractivity contribution in [3.8, 4) is 16.9 Å². The van der Waals surface area contributed by atoms with E-state index in [1.165, 1.54) is 30.3 Å². The fourth-order valence-electron chi connectivity index (χ4n) is 1.61. The summed E-state index contributed by atoms with van der Waals surface area (Å²) in [4.78, 5) is 10.8. The number of aromatic carboxylic acids is 1. The van der Waals surface area contributed by atoms with Crippen molar-refractivity contribution in [3.63, 3.8) is 0 Å². The first-order chi connectivity index (χ1) is 8.11. The quantitative estimate of drug-likeness (QED) is 0.836. The molecule has 0 fully saturated rings. The number of phenols is 1. The summed E-state index contributed by atoms with van der Waals surface area (Å²) in [6, 6.07) is 10.2. The first kappa shape index (κ1) is 11.1. The molecule has 17 heavy (non-hydrogen) atoms. The molecule has 3 nitrogen and oxygen atoms in total. The lowest BCUT2D eigenvalue weighted by molar-refractivity contribution is 0.0692. The van der Waals surface area contributed by atoms with Gasteiger partial charge in [-0.1, -0.05) is 30.3 Å². The molecule has 0 saturated heterocycles. The zero-order valence-corrected chi connectivity index (χ0v) is 8.72. The molecule has 0 radical (unpaired) electrons. The number of carbonyl (C=O) groups is 1. The molecule has 0 bridgehead atoms. The van der Waals surface area contributed by atoms with Gasteiger partial charge >= 0.3 is 5.97 Å². The summed E-state index contributed by atoms with van der Waals surface area (Å²) in [7, 11) is 0. The van der Waals surface area contributed by atoms with Crippen LogP contribution in [0.2, 0.25) is 0 Å². The highest BCUT2D eigenvalue weighted by Crippen LogP contribution is 2.31. The van der Waals surface area contributed by atoms with E-state index >= 15 is 0 Å². The third kappa shape index (κ3) is 1.97. The molecule has 0 saturated carbocycles. The Hall–Kier alpha value is -2.36. The molecule has 0 amide bonds. The maximum absolute atomic E-state index is 13.9. The predicted octanol–water partition coefficient (Wildman–Crippen LogP) is 2.90. The van der Waals surface area contributed by atoms with E-state index in [1.54, 1.807) is 12.1 Å². The van der Waals surface area contributed by atoms with E-state index in [4.69, 9.17) is 5.11 Å². The van der Waals surface area contributed by atoms with Crippen LogP contribution in [0.1, 0.15) is 10.4 Å². The van der Waals surface area contributed by atoms with Crippen molar-refractivity contribution in [2.45, 2.75) is 0 Å². The maximum Gasteiger partial charge on any atom is 0.338 e. The highest BCUT2D eigenvalue weighted by molar-refractivity contribution is 5.90. The van der Waals surface area contributed by atoms with Gasteiger partial charge in [-0.15, -0.1) is 0 Å². The lowest BCUT2D eigenvalue weighted by atomic mass is 10.0. The van der Waals surface area contributed by atoms with Crippen LogP contribution in [0.4, 0.5) is 4.39 Å². The Kier molecular flexibility index (Phi) is 2.78. The Morgan fingerprint density at radius 1 is 1.00 bits per heavy atom. The molecule has 0 atom stereocenters. The number of hydrogen-bond acceptors (Lipinski definition) is 2. The van der Waals surface area contributed by atoms with E-state index < -0.39 is 17.3 Å². The van der Waals surface area contributed by atoms with Crippen LogP contribution < -0.4 is 0 Å². The van der Waals surface area contributed by atoms with Gasteiger partial charge in [0.15, 0.2) is 0 Å². The van der Waals surface area contributed by atoms with Crippen LogP contribution in [0.25, 0.3) is 11.1 Å². The summed E-state index contributed by atoms with van der Waals surface area (Å²) in [5, 5.41) is 18.4. The van der Waals surface area contributed by atoms with Gasteiger partial charge in [-0.25, -0.2) is 9.18 Å². The van der Waals surface area contributed by atoms with Crippen molar-refractivity contribution in [2.75, 3.05) is 0 Å². The second-order valence-corrected chi connectivity index (χ2v) is 3.49. The van der Waals surface area contributed by atoms with Gasteiger partial charge in [-0.2, -0.15) is 0 Å². The molecule has 4 heteroatoms. The number of halogens is 1. The van der Waals surface area contributed by atoms with E-state index in [0.717, 1.165) is 0 Å². The van der Waals surface area contributed by atoms with Crippen LogP contribution in [0, 0.1) is 5.82 Å². The molecular formula is C13H9FO3. The van der Waals surface area contributed by atoms with Crippen molar-refractivity contribution in [3.05, 3.63) is 53.8 Å². The molecular weight excluding hydrogens is 223 g/mol. The molecule has 0 aliphatic carbocycles. The molecule has 0 spiro atoms. The van der Waals surface area contributed by atoms with E-state index in [2.05, 4.69) is 0 Å². The fraction of sp³-hybridized carbons (Fsp3) is 0. The molecule has 0 aliphatic rings. The first-order valence-electron chi connectivity index (χ1n) is 4.91. The molecule has 2 rings (SSSR count). The predicted molar refractivity (Wildman–Crippen MR) is 60.5 cm³/mol. The standard InChI is InChI=1S/C13H9FO3/c14-12-9(5-3-6-10(12)13(16)17)8-4-1-2-7-11(8)15/h1-7,15H,(H,16,17). The van der Waals surface area contributed by atoms with Gasteiger partial charge < -0.3 is 10.2 Å². The highest BCUT2D eigenvalue weighted by atomic mass is 19.1. The van der Waals surface area contributed by atoms with Crippen LogP contribution >= 0.6 is 0 Å². The fourth-order valence-corrected chi connectivity index (χ4v) is 1.61. The monoisotopic (exact) mass is 232 g/mol. The van der Waals surface area contributed by atoms with Crippen LogP contribution in [0.5, 0.6) is 5.75 Å². The number of phenolic OH excluding ortho intramolecular Hbond substituents is 1. The van der Waals surface area contributed by atoms with Crippen LogP contribution in [-0.4, -0.2) is 16.2 Å². The summed E-state index contributed by atoms with van der Waals surface area (Å²) in [6.45, 7) is 0. The third-order valence-corrected chi connectivity index (χ3v) is 2.42. The number of benzene rings is 2. The third-order valence-electron chi connectivity index (χ3n) is 2.42. The van der Waals surface area contributed by atoms with E-state index in [9.17, 15) is 14.3 Å². The average Bonchev–Trinajstić information content (AvgIpc) is 2.30. The van der Waals surface area contributed by atoms with E-state index in [-0.39, 0.29) is 16.9 Å². The van der Waals surface area contributed by atoms with Gasteiger partial charge in [0, 0.05) is 11.1 Å². The van der Waals surface area contributed by atoms with Gasteiger partial charge in [0.1, 0.15) is 11.6 Å². The van der Waals surface area contributed by atoms with Crippen molar-refractivity contribution >= 4 is 5.97 Å². The van der Waals surface area contributed by atoms with E-state index in [0.29, 0.717) is 0 Å². The van der Waals surface area contributed by atoms with Crippen LogP contribution in [0.3, 0.4) is 0 Å². The first-order valence-corrected chi connectivity index (χ1v) is 4.91. The van der Waals surface area contributed by atoms with Crippen molar-refractivity contribution in [2.24, 2.45) is 0 Å². The Morgan fingerprint density at radius 2 is 1.65 bits per heavy atom. The van der Waals surface area contributed by atoms with Gasteiger partial charge in [0.2, 0.25) is 0 Å². The summed E-state index contributed by atoms with van der Waals surface area (Å²) < 4.78 is 13.9. The molecule has 0 unspecified atom stereocenters. The minimum absolute atomic E-state index is 0.0722. The van der Waals surface area contributed by atoms with Gasteiger partial charge in [0.25, 0.3) is 0 Å². The molecule has 86 valence electrons. The van der Waals surface area contributed by atoms with Crippen LogP contribution in [-0.2, 0) is 0 Å². The molecule has 2 N–H and O–H groups in total. The highest BCUT2D eigenvalue weighted by Gasteiger charge is 2.16. The minimum Gasteiger partial charge on any atom is -0.507 e. The zero-order valence-electron chi connectivity index (χ0n) is 8.72. The van der Waals surface area contributed by atoms with Crippen molar-refractivity contribution in [1.82, 2.24) is 0 Å². The van der Waals surface area contributed by atoms with E-state index in [1.807, 2.05) is 0 Å². The molecule has 0 aromatic heterocycles. The minimum atomic E-state index is -1.33. The summed E-state index contributed by atoms with van der Waals surface area (Å²) in [5.74, 6) is -2.27. The van der Waals surface area contributed by atoms with Crippen molar-refractivity contribution < 1.29 is 19.4 Å². The second-order valence-electron chi connectivity index (χ2n) is 3.49. The van der Waals surface area contributed by atoms with Crippen molar-refractivity contribution in [1.29, 1.82) is 0 Å². The summed E-state index contributed by atoms with van der Waals surface area (Å²) in [5.41, 5.74) is -0.0677. The number of carboxylic acids is 1. The number of rotatable bonds is 2. The SMILES string of the molecule is O=C(O)c1cccc(-c2ccccc2O)c1F. The number of aromatic hydroxyl groups is 1. The van der Waals surface area contributed by atoms with Gasteiger partial charge in [-0.3, -0.25) is 0 Å². The largest absolute Gasteiger partial charge is 0.507 e. The average molecular weight is 232 g/mol. The molecule has 2 aromatic carbocycles. The lowest BCUT2D eigenvalue weighted by Crippen LogP contribution is -2.01. The maximum atomic E-state index is 13.9. The normalized spacial score (nSPS) is 10.2. The smallest absolute Gasteiger partial charge is 0.338 e. The Morgan fingerprint density at radius 3 is 2.29 bits per heavy atom. The van der Waals surface area contributed by atoms with Gasteiger partial charge in [0.05, 0.1) is 5.56 Å². The summed E-state index contributed by atoms with van der Waals surface area (Å²) in [6.07, 6.45) is 0. The number of hydrogen-bond donors (Lipinski definition) is 2. The molecule has 2 aromatic rings. The Labute approximate surface area is 96.8 Å². The second kappa shape index (κ2) is 4.25. The van der Waals surface area contributed by atoms with Crippen LogP contribution in [0.15, 0.2) is 42.5 Å². The lowest BCUT2D eigenvalue weighted by Gasteiger charge is -2.07. The Bertz CT molecular complexity index is 579. The molecule has 0 aliphatic heterocycles. The summed E-state index contributed by atoms with van der Waals surface area (Å²) >= 11 is 0.